The Balaban J connectivity index is 1.41. The molecule has 8 nitrogen and oxygen atoms in total. The standard InChI is InChI=1S/C21H26N6O2/c1-26(2)11-17-7-18(28)12-27(17)21-8-20(24-13-25-21)23-9-15-3-5-16(6-4-15)19-10-22-14-29-19/h3-6,8,10,13-14,17-18,28H,7,9,11-12H2,1-2H3,(H,23,24,25)/t17-,18-/m1/s1. The molecule has 0 amide bonds. The predicted octanol–water partition coefficient (Wildman–Crippen LogP) is 2.24. The van der Waals surface area contributed by atoms with Gasteiger partial charge in [-0.1, -0.05) is 24.3 Å². The van der Waals surface area contributed by atoms with Gasteiger partial charge in [-0.3, -0.25) is 0 Å². The molecule has 3 heterocycles. The zero-order chi connectivity index (χ0) is 20.2. The number of aliphatic hydroxyl groups excluding tert-OH is 1. The van der Waals surface area contributed by atoms with Crippen molar-refractivity contribution in [2.24, 2.45) is 0 Å². The number of hydrogen-bond acceptors (Lipinski definition) is 8. The van der Waals surface area contributed by atoms with Gasteiger partial charge in [0.15, 0.2) is 12.2 Å². The molecule has 0 saturated carbocycles. The van der Waals surface area contributed by atoms with Crippen molar-refractivity contribution in [2.75, 3.05) is 37.4 Å². The van der Waals surface area contributed by atoms with E-state index in [0.29, 0.717) is 13.1 Å². The summed E-state index contributed by atoms with van der Waals surface area (Å²) in [5, 5.41) is 13.5. The van der Waals surface area contributed by atoms with Crippen LogP contribution in [-0.4, -0.2) is 64.3 Å². The van der Waals surface area contributed by atoms with Crippen molar-refractivity contribution < 1.29 is 9.52 Å². The fourth-order valence-electron chi connectivity index (χ4n) is 3.71. The average Bonchev–Trinajstić information content (AvgIpc) is 3.37. The highest BCUT2D eigenvalue weighted by Crippen LogP contribution is 2.26. The molecule has 1 aliphatic rings. The molecule has 2 N–H and O–H groups in total. The van der Waals surface area contributed by atoms with Gasteiger partial charge in [-0.25, -0.2) is 15.0 Å². The largest absolute Gasteiger partial charge is 0.444 e. The Hall–Kier alpha value is -2.97. The monoisotopic (exact) mass is 394 g/mol. The topological polar surface area (TPSA) is 90.6 Å². The lowest BCUT2D eigenvalue weighted by atomic mass is 10.1. The molecule has 0 bridgehead atoms. The average molecular weight is 394 g/mol. The molecule has 1 aromatic carbocycles. The highest BCUT2D eigenvalue weighted by molar-refractivity contribution is 5.56. The maximum Gasteiger partial charge on any atom is 0.181 e. The van der Waals surface area contributed by atoms with E-state index < -0.39 is 0 Å². The van der Waals surface area contributed by atoms with Crippen LogP contribution < -0.4 is 10.2 Å². The van der Waals surface area contributed by atoms with Crippen molar-refractivity contribution in [1.29, 1.82) is 0 Å². The van der Waals surface area contributed by atoms with E-state index in [-0.39, 0.29) is 12.1 Å². The van der Waals surface area contributed by atoms with Crippen LogP contribution in [0.5, 0.6) is 0 Å². The molecule has 0 spiro atoms. The zero-order valence-electron chi connectivity index (χ0n) is 16.7. The SMILES string of the molecule is CN(C)C[C@H]1C[C@@H](O)CN1c1cc(NCc2ccc(-c3cnco3)cc2)ncn1. The minimum atomic E-state index is -0.325. The third-order valence-corrected chi connectivity index (χ3v) is 5.06. The van der Waals surface area contributed by atoms with E-state index in [4.69, 9.17) is 4.42 Å². The lowest BCUT2D eigenvalue weighted by molar-refractivity contribution is 0.191. The van der Waals surface area contributed by atoms with E-state index in [1.807, 2.05) is 32.3 Å². The number of rotatable bonds is 7. The highest BCUT2D eigenvalue weighted by Gasteiger charge is 2.32. The Morgan fingerprint density at radius 1 is 1.24 bits per heavy atom. The first-order valence-corrected chi connectivity index (χ1v) is 9.71. The number of likely N-dealkylation sites (N-methyl/N-ethyl adjacent to an activating group) is 1. The number of aliphatic hydroxyl groups is 1. The second kappa shape index (κ2) is 8.59. The van der Waals surface area contributed by atoms with Crippen LogP contribution in [0.15, 0.2) is 53.7 Å². The quantitative estimate of drug-likeness (QED) is 0.631. The van der Waals surface area contributed by atoms with Crippen LogP contribution in [-0.2, 0) is 6.54 Å². The summed E-state index contributed by atoms with van der Waals surface area (Å²) in [5.41, 5.74) is 2.13. The van der Waals surface area contributed by atoms with Crippen LogP contribution in [0.3, 0.4) is 0 Å². The van der Waals surface area contributed by atoms with E-state index in [2.05, 4.69) is 42.2 Å². The highest BCUT2D eigenvalue weighted by atomic mass is 16.3. The van der Waals surface area contributed by atoms with Crippen molar-refractivity contribution in [3.63, 3.8) is 0 Å². The van der Waals surface area contributed by atoms with Crippen molar-refractivity contribution in [3.05, 3.63) is 54.8 Å². The molecular weight excluding hydrogens is 368 g/mol. The van der Waals surface area contributed by atoms with E-state index >= 15 is 0 Å². The molecule has 3 aromatic rings. The van der Waals surface area contributed by atoms with Crippen LogP contribution in [0.25, 0.3) is 11.3 Å². The molecule has 2 atom stereocenters. The van der Waals surface area contributed by atoms with E-state index in [9.17, 15) is 5.11 Å². The van der Waals surface area contributed by atoms with Gasteiger partial charge in [0.05, 0.1) is 12.3 Å². The number of aromatic nitrogens is 3. The maximum atomic E-state index is 10.1. The molecule has 8 heteroatoms. The summed E-state index contributed by atoms with van der Waals surface area (Å²) in [7, 11) is 4.09. The van der Waals surface area contributed by atoms with Gasteiger partial charge in [0.1, 0.15) is 18.0 Å². The Kier molecular flexibility index (Phi) is 5.73. The van der Waals surface area contributed by atoms with Gasteiger partial charge in [-0.15, -0.1) is 0 Å². The Labute approximate surface area is 170 Å². The number of nitrogens with zero attached hydrogens (tertiary/aromatic N) is 5. The molecular formula is C21H26N6O2. The van der Waals surface area contributed by atoms with Gasteiger partial charge >= 0.3 is 0 Å². The van der Waals surface area contributed by atoms with Crippen LogP contribution in [0.1, 0.15) is 12.0 Å². The van der Waals surface area contributed by atoms with Gasteiger partial charge in [-0.2, -0.15) is 0 Å². The molecule has 0 unspecified atom stereocenters. The summed E-state index contributed by atoms with van der Waals surface area (Å²) in [5.74, 6) is 2.36. The third kappa shape index (κ3) is 4.72. The van der Waals surface area contributed by atoms with Crippen molar-refractivity contribution in [2.45, 2.75) is 25.1 Å². The van der Waals surface area contributed by atoms with Crippen molar-refractivity contribution in [3.8, 4) is 11.3 Å². The molecule has 29 heavy (non-hydrogen) atoms. The summed E-state index contributed by atoms with van der Waals surface area (Å²) in [6.45, 7) is 2.12. The first-order valence-electron chi connectivity index (χ1n) is 9.71. The van der Waals surface area contributed by atoms with E-state index in [1.165, 1.54) is 6.39 Å². The summed E-state index contributed by atoms with van der Waals surface area (Å²) in [6.07, 6.45) is 5.13. The maximum absolute atomic E-state index is 10.1. The van der Waals surface area contributed by atoms with E-state index in [1.54, 1.807) is 12.5 Å². The summed E-state index contributed by atoms with van der Waals surface area (Å²) >= 11 is 0. The summed E-state index contributed by atoms with van der Waals surface area (Å²) in [6, 6.07) is 10.3. The predicted molar refractivity (Wildman–Crippen MR) is 112 cm³/mol. The second-order valence-electron chi connectivity index (χ2n) is 7.64. The molecule has 4 rings (SSSR count). The zero-order valence-corrected chi connectivity index (χ0v) is 16.7. The van der Waals surface area contributed by atoms with Crippen LogP contribution in [0.4, 0.5) is 11.6 Å². The summed E-state index contributed by atoms with van der Waals surface area (Å²) < 4.78 is 5.32. The minimum Gasteiger partial charge on any atom is -0.444 e. The number of oxazole rings is 1. The Morgan fingerprint density at radius 2 is 2.07 bits per heavy atom. The molecule has 0 aliphatic carbocycles. The van der Waals surface area contributed by atoms with Crippen LogP contribution in [0, 0.1) is 0 Å². The van der Waals surface area contributed by atoms with Crippen LogP contribution in [0.2, 0.25) is 0 Å². The number of β-amino-alcohol motifs (C(OH)–C–C–N with tert-alkyl or cyclic N) is 1. The fraction of sp³-hybridized carbons (Fsp3) is 0.381. The lowest BCUT2D eigenvalue weighted by Gasteiger charge is -2.27. The van der Waals surface area contributed by atoms with Crippen LogP contribution >= 0.6 is 0 Å². The number of anilines is 2. The smallest absolute Gasteiger partial charge is 0.181 e. The van der Waals surface area contributed by atoms with Gasteiger partial charge in [-0.05, 0) is 26.1 Å². The van der Waals surface area contributed by atoms with Gasteiger partial charge in [0, 0.05) is 37.3 Å². The second-order valence-corrected chi connectivity index (χ2v) is 7.64. The Bertz CT molecular complexity index is 913. The summed E-state index contributed by atoms with van der Waals surface area (Å²) in [4.78, 5) is 17.0. The number of hydrogen-bond donors (Lipinski definition) is 2. The Morgan fingerprint density at radius 3 is 2.79 bits per heavy atom. The molecule has 1 fully saturated rings. The van der Waals surface area contributed by atoms with Gasteiger partial charge < -0.3 is 24.6 Å². The molecule has 152 valence electrons. The number of nitrogens with one attached hydrogen (secondary N) is 1. The molecule has 0 radical (unpaired) electrons. The normalized spacial score (nSPS) is 19.1. The number of benzene rings is 1. The molecule has 1 aliphatic heterocycles. The van der Waals surface area contributed by atoms with Crippen molar-refractivity contribution in [1.82, 2.24) is 19.9 Å². The van der Waals surface area contributed by atoms with Gasteiger partial charge in [0.2, 0.25) is 0 Å². The molecule has 2 aromatic heterocycles. The van der Waals surface area contributed by atoms with Crippen molar-refractivity contribution >= 4 is 11.6 Å². The lowest BCUT2D eigenvalue weighted by Crippen LogP contribution is -2.38. The fourth-order valence-corrected chi connectivity index (χ4v) is 3.71. The molecule has 1 saturated heterocycles. The van der Waals surface area contributed by atoms with Gasteiger partial charge in [0.25, 0.3) is 0 Å². The first kappa shape index (κ1) is 19.4. The minimum absolute atomic E-state index is 0.242. The first-order chi connectivity index (χ1) is 14.1. The third-order valence-electron chi connectivity index (χ3n) is 5.06. The van der Waals surface area contributed by atoms with E-state index in [0.717, 1.165) is 41.5 Å².